The van der Waals surface area contributed by atoms with Crippen molar-refractivity contribution >= 4 is 12.4 Å². The van der Waals surface area contributed by atoms with Crippen LogP contribution in [0.1, 0.15) is 36.5 Å². The van der Waals surface area contributed by atoms with Crippen LogP contribution in [-0.4, -0.2) is 16.5 Å². The summed E-state index contributed by atoms with van der Waals surface area (Å²) in [5.41, 5.74) is 10.0. The number of rotatable bonds is 3. The van der Waals surface area contributed by atoms with Crippen LogP contribution in [-0.2, 0) is 13.0 Å². The van der Waals surface area contributed by atoms with Crippen molar-refractivity contribution in [1.82, 2.24) is 15.3 Å². The van der Waals surface area contributed by atoms with Crippen molar-refractivity contribution < 1.29 is 4.39 Å². The van der Waals surface area contributed by atoms with Crippen molar-refractivity contribution in [2.75, 3.05) is 6.54 Å². The van der Waals surface area contributed by atoms with E-state index in [1.807, 2.05) is 6.92 Å². The Hall–Kier alpha value is -1.56. The highest BCUT2D eigenvalue weighted by Crippen LogP contribution is 2.27. The van der Waals surface area contributed by atoms with Gasteiger partial charge in [0.05, 0.1) is 17.4 Å². The molecule has 0 bridgehead atoms. The van der Waals surface area contributed by atoms with Crippen LogP contribution in [0.2, 0.25) is 0 Å². The van der Waals surface area contributed by atoms with E-state index in [-0.39, 0.29) is 24.3 Å². The number of nitrogens with one attached hydrogen (secondary N) is 1. The molecule has 118 valence electrons. The van der Waals surface area contributed by atoms with Gasteiger partial charge >= 0.3 is 0 Å². The molecule has 0 fully saturated rings. The third kappa shape index (κ3) is 3.27. The first kappa shape index (κ1) is 16.8. The first-order chi connectivity index (χ1) is 10.2. The fourth-order valence-corrected chi connectivity index (χ4v) is 2.56. The molecule has 0 radical (unpaired) electrons. The highest BCUT2D eigenvalue weighted by molar-refractivity contribution is 5.85. The maximum atomic E-state index is 13.1. The van der Waals surface area contributed by atoms with Crippen LogP contribution >= 0.6 is 12.4 Å². The van der Waals surface area contributed by atoms with Crippen molar-refractivity contribution in [2.45, 2.75) is 32.4 Å². The summed E-state index contributed by atoms with van der Waals surface area (Å²) in [5, 5.41) is 3.34. The Labute approximate surface area is 135 Å². The summed E-state index contributed by atoms with van der Waals surface area (Å²) < 4.78 is 13.1. The molecule has 6 heteroatoms. The maximum Gasteiger partial charge on any atom is 0.145 e. The van der Waals surface area contributed by atoms with Gasteiger partial charge in [-0.1, -0.05) is 6.92 Å². The minimum Gasteiger partial charge on any atom is -0.321 e. The predicted molar refractivity (Wildman–Crippen MR) is 87.3 cm³/mol. The molecule has 1 atom stereocenters. The molecule has 1 aliphatic heterocycles. The molecule has 2 heterocycles. The summed E-state index contributed by atoms with van der Waals surface area (Å²) in [6.45, 7) is 3.67. The minimum atomic E-state index is -0.245. The zero-order valence-corrected chi connectivity index (χ0v) is 13.3. The van der Waals surface area contributed by atoms with Gasteiger partial charge in [-0.3, -0.25) is 0 Å². The van der Waals surface area contributed by atoms with E-state index in [9.17, 15) is 4.39 Å². The molecule has 0 aliphatic carbocycles. The summed E-state index contributed by atoms with van der Waals surface area (Å²) in [7, 11) is 0. The Morgan fingerprint density at radius 2 is 2.00 bits per heavy atom. The first-order valence-electron chi connectivity index (χ1n) is 7.31. The first-order valence-corrected chi connectivity index (χ1v) is 7.31. The number of aromatic nitrogens is 2. The second-order valence-corrected chi connectivity index (χ2v) is 5.30. The second kappa shape index (κ2) is 7.13. The fourth-order valence-electron chi connectivity index (χ4n) is 2.56. The van der Waals surface area contributed by atoms with Gasteiger partial charge in [0.2, 0.25) is 0 Å². The highest BCUT2D eigenvalue weighted by Gasteiger charge is 2.20. The Morgan fingerprint density at radius 3 is 2.68 bits per heavy atom. The summed E-state index contributed by atoms with van der Waals surface area (Å²) in [6, 6.07) is 6.27. The molecule has 2 aromatic rings. The molecular formula is C16H20ClFN4. The van der Waals surface area contributed by atoms with Crippen LogP contribution in [0.15, 0.2) is 24.3 Å². The van der Waals surface area contributed by atoms with Crippen LogP contribution in [0, 0.1) is 5.82 Å². The molecule has 3 rings (SSSR count). The summed E-state index contributed by atoms with van der Waals surface area (Å²) >= 11 is 0. The van der Waals surface area contributed by atoms with Gasteiger partial charge in [-0.2, -0.15) is 0 Å². The van der Waals surface area contributed by atoms with E-state index in [0.29, 0.717) is 5.82 Å². The quantitative estimate of drug-likeness (QED) is 0.912. The number of hydrogen-bond donors (Lipinski definition) is 2. The lowest BCUT2D eigenvalue weighted by Gasteiger charge is -2.21. The molecule has 22 heavy (non-hydrogen) atoms. The van der Waals surface area contributed by atoms with Crippen molar-refractivity contribution in [3.63, 3.8) is 0 Å². The average molecular weight is 323 g/mol. The van der Waals surface area contributed by atoms with E-state index in [1.54, 1.807) is 12.1 Å². The number of halogens is 2. The number of fused-ring (bicyclic) bond motifs is 1. The summed E-state index contributed by atoms with van der Waals surface area (Å²) in [6.07, 6.45) is 1.66. The summed E-state index contributed by atoms with van der Waals surface area (Å²) in [4.78, 5) is 9.30. The van der Waals surface area contributed by atoms with Gasteiger partial charge in [0.1, 0.15) is 11.6 Å². The second-order valence-electron chi connectivity index (χ2n) is 5.30. The SMILES string of the molecule is CCC(N)c1nc2c(c(-c3ccc(F)cc3)n1)CNCC2.Cl. The fraction of sp³-hybridized carbons (Fsp3) is 0.375. The molecule has 3 N–H and O–H groups in total. The summed E-state index contributed by atoms with van der Waals surface area (Å²) in [5.74, 6) is 0.433. The van der Waals surface area contributed by atoms with Crippen LogP contribution < -0.4 is 11.1 Å². The van der Waals surface area contributed by atoms with Crippen LogP contribution in [0.4, 0.5) is 4.39 Å². The number of nitrogens with zero attached hydrogens (tertiary/aromatic N) is 2. The zero-order valence-electron chi connectivity index (χ0n) is 12.5. The van der Waals surface area contributed by atoms with Gasteiger partial charge < -0.3 is 11.1 Å². The van der Waals surface area contributed by atoms with Gasteiger partial charge in [0, 0.05) is 30.6 Å². The van der Waals surface area contributed by atoms with E-state index in [1.165, 1.54) is 12.1 Å². The zero-order chi connectivity index (χ0) is 14.8. The Morgan fingerprint density at radius 1 is 1.27 bits per heavy atom. The Balaban J connectivity index is 0.00000176. The highest BCUT2D eigenvalue weighted by atomic mass is 35.5. The molecule has 0 spiro atoms. The Bertz CT molecular complexity index is 645. The lowest BCUT2D eigenvalue weighted by atomic mass is 9.99. The molecule has 1 unspecified atom stereocenters. The molecule has 0 saturated heterocycles. The molecule has 0 amide bonds. The number of benzene rings is 1. The molecule has 1 aromatic heterocycles. The molecule has 4 nitrogen and oxygen atoms in total. The standard InChI is InChI=1S/C16H19FN4.ClH/c1-2-13(18)16-20-14-7-8-19-9-12(14)15(21-16)10-3-5-11(17)6-4-10;/h3-6,13,19H,2,7-9,18H2,1H3;1H. The van der Waals surface area contributed by atoms with E-state index >= 15 is 0 Å². The van der Waals surface area contributed by atoms with Crippen molar-refractivity contribution in [3.8, 4) is 11.3 Å². The molecule has 0 saturated carbocycles. The third-order valence-corrected chi connectivity index (χ3v) is 3.84. The van der Waals surface area contributed by atoms with E-state index < -0.39 is 0 Å². The normalized spacial score (nSPS) is 14.9. The lowest BCUT2D eigenvalue weighted by Crippen LogP contribution is -2.27. The van der Waals surface area contributed by atoms with Crippen LogP contribution in [0.3, 0.4) is 0 Å². The van der Waals surface area contributed by atoms with Crippen molar-refractivity contribution in [3.05, 3.63) is 47.2 Å². The van der Waals surface area contributed by atoms with Gasteiger partial charge in [0.15, 0.2) is 0 Å². The third-order valence-electron chi connectivity index (χ3n) is 3.84. The minimum absolute atomic E-state index is 0. The smallest absolute Gasteiger partial charge is 0.145 e. The topological polar surface area (TPSA) is 63.8 Å². The van der Waals surface area contributed by atoms with Crippen LogP contribution in [0.25, 0.3) is 11.3 Å². The lowest BCUT2D eigenvalue weighted by molar-refractivity contribution is 0.597. The van der Waals surface area contributed by atoms with Crippen molar-refractivity contribution in [1.29, 1.82) is 0 Å². The van der Waals surface area contributed by atoms with Crippen molar-refractivity contribution in [2.24, 2.45) is 5.73 Å². The Kier molecular flexibility index (Phi) is 5.45. The monoisotopic (exact) mass is 322 g/mol. The largest absolute Gasteiger partial charge is 0.321 e. The van der Waals surface area contributed by atoms with Gasteiger partial charge in [-0.15, -0.1) is 12.4 Å². The van der Waals surface area contributed by atoms with Gasteiger partial charge in [0.25, 0.3) is 0 Å². The molecular weight excluding hydrogens is 303 g/mol. The van der Waals surface area contributed by atoms with Crippen LogP contribution in [0.5, 0.6) is 0 Å². The van der Waals surface area contributed by atoms with E-state index in [2.05, 4.69) is 15.3 Å². The van der Waals surface area contributed by atoms with E-state index in [0.717, 1.165) is 48.4 Å². The molecule has 1 aromatic carbocycles. The van der Waals surface area contributed by atoms with Gasteiger partial charge in [-0.05, 0) is 30.7 Å². The number of hydrogen-bond acceptors (Lipinski definition) is 4. The average Bonchev–Trinajstić information content (AvgIpc) is 2.54. The predicted octanol–water partition coefficient (Wildman–Crippen LogP) is 2.76. The molecule has 1 aliphatic rings. The van der Waals surface area contributed by atoms with Gasteiger partial charge in [-0.25, -0.2) is 14.4 Å². The number of nitrogens with two attached hydrogens (primary N) is 1. The van der Waals surface area contributed by atoms with E-state index in [4.69, 9.17) is 5.73 Å². The maximum absolute atomic E-state index is 13.1.